The first-order valence-electron chi connectivity index (χ1n) is 6.40. The number of likely N-dealkylation sites (N-methyl/N-ethyl adjacent to an activating group) is 1. The Balaban J connectivity index is 2.09. The lowest BCUT2D eigenvalue weighted by Crippen LogP contribution is -2.29. The van der Waals surface area contributed by atoms with Crippen LogP contribution in [0.2, 0.25) is 0 Å². The molecule has 0 atom stereocenters. The molecule has 0 aliphatic rings. The number of sulfonamides is 1. The molecule has 0 N–H and O–H groups in total. The Morgan fingerprint density at radius 2 is 1.90 bits per heavy atom. The third kappa shape index (κ3) is 3.66. The van der Waals surface area contributed by atoms with Crippen molar-refractivity contribution in [2.45, 2.75) is 11.3 Å². The highest BCUT2D eigenvalue weighted by molar-refractivity contribution is 7.89. The van der Waals surface area contributed by atoms with E-state index in [1.54, 1.807) is 0 Å². The van der Waals surface area contributed by atoms with Gasteiger partial charge in [0.25, 0.3) is 0 Å². The molecule has 5 nitrogen and oxygen atoms in total. The average Bonchev–Trinajstić information content (AvgIpc) is 2.53. The van der Waals surface area contributed by atoms with Gasteiger partial charge in [-0.1, -0.05) is 30.3 Å². The standard InChI is InChI=1S/C15H15N3O2S/c1-18(10-9-13-5-3-2-4-6-13)21(19,20)15-8-7-14(11-16)17-12-15/h2-8,12H,9-10H2,1H3. The van der Waals surface area contributed by atoms with Crippen molar-refractivity contribution in [3.8, 4) is 6.07 Å². The van der Waals surface area contributed by atoms with Crippen LogP contribution in [-0.4, -0.2) is 31.3 Å². The van der Waals surface area contributed by atoms with Crippen LogP contribution in [0.3, 0.4) is 0 Å². The van der Waals surface area contributed by atoms with Crippen molar-refractivity contribution in [1.29, 1.82) is 5.26 Å². The van der Waals surface area contributed by atoms with Gasteiger partial charge < -0.3 is 0 Å². The van der Waals surface area contributed by atoms with Crippen LogP contribution in [0.25, 0.3) is 0 Å². The van der Waals surface area contributed by atoms with Gasteiger partial charge in [-0.2, -0.15) is 5.26 Å². The largest absolute Gasteiger partial charge is 0.244 e. The summed E-state index contributed by atoms with van der Waals surface area (Å²) >= 11 is 0. The summed E-state index contributed by atoms with van der Waals surface area (Å²) in [4.78, 5) is 3.89. The molecular weight excluding hydrogens is 286 g/mol. The number of hydrogen-bond acceptors (Lipinski definition) is 4. The molecule has 0 saturated heterocycles. The second-order valence-electron chi connectivity index (χ2n) is 4.55. The summed E-state index contributed by atoms with van der Waals surface area (Å²) in [6.07, 6.45) is 1.85. The Morgan fingerprint density at radius 3 is 2.48 bits per heavy atom. The van der Waals surface area contributed by atoms with E-state index in [2.05, 4.69) is 4.98 Å². The van der Waals surface area contributed by atoms with E-state index >= 15 is 0 Å². The Kier molecular flexibility index (Phi) is 4.68. The van der Waals surface area contributed by atoms with E-state index in [0.717, 1.165) is 5.56 Å². The van der Waals surface area contributed by atoms with Gasteiger partial charge in [-0.05, 0) is 24.1 Å². The lowest BCUT2D eigenvalue weighted by atomic mass is 10.2. The number of rotatable bonds is 5. The number of benzene rings is 1. The van der Waals surface area contributed by atoms with Crippen molar-refractivity contribution in [2.75, 3.05) is 13.6 Å². The smallest absolute Gasteiger partial charge is 0.244 e. The summed E-state index contributed by atoms with van der Waals surface area (Å²) in [5.74, 6) is 0. The van der Waals surface area contributed by atoms with E-state index in [9.17, 15) is 8.42 Å². The highest BCUT2D eigenvalue weighted by Crippen LogP contribution is 2.14. The Morgan fingerprint density at radius 1 is 1.19 bits per heavy atom. The third-order valence-corrected chi connectivity index (χ3v) is 4.96. The molecule has 2 aromatic rings. The normalized spacial score (nSPS) is 11.3. The Bertz CT molecular complexity index is 735. The molecule has 0 bridgehead atoms. The van der Waals surface area contributed by atoms with Crippen LogP contribution in [0.4, 0.5) is 0 Å². The minimum atomic E-state index is -3.57. The molecule has 0 saturated carbocycles. The molecule has 1 aromatic carbocycles. The van der Waals surface area contributed by atoms with Crippen molar-refractivity contribution in [2.24, 2.45) is 0 Å². The van der Waals surface area contributed by atoms with Crippen molar-refractivity contribution < 1.29 is 8.42 Å². The van der Waals surface area contributed by atoms with E-state index in [1.807, 2.05) is 36.4 Å². The molecule has 1 aromatic heterocycles. The van der Waals surface area contributed by atoms with Gasteiger partial charge in [0.15, 0.2) is 0 Å². The van der Waals surface area contributed by atoms with Gasteiger partial charge in [0.2, 0.25) is 10.0 Å². The predicted octanol–water partition coefficient (Wildman–Crippen LogP) is 1.82. The Labute approximate surface area is 124 Å². The molecular formula is C15H15N3O2S. The lowest BCUT2D eigenvalue weighted by Gasteiger charge is -2.17. The van der Waals surface area contributed by atoms with Gasteiger partial charge in [-0.15, -0.1) is 0 Å². The SMILES string of the molecule is CN(CCc1ccccc1)S(=O)(=O)c1ccc(C#N)nc1. The van der Waals surface area contributed by atoms with Crippen LogP contribution in [0.15, 0.2) is 53.6 Å². The monoisotopic (exact) mass is 301 g/mol. The first-order chi connectivity index (χ1) is 10.0. The van der Waals surface area contributed by atoms with E-state index in [1.165, 1.54) is 29.7 Å². The van der Waals surface area contributed by atoms with Crippen LogP contribution < -0.4 is 0 Å². The van der Waals surface area contributed by atoms with Gasteiger partial charge in [-0.25, -0.2) is 17.7 Å². The fraction of sp³-hybridized carbons (Fsp3) is 0.200. The van der Waals surface area contributed by atoms with Crippen LogP contribution in [0.1, 0.15) is 11.3 Å². The first-order valence-corrected chi connectivity index (χ1v) is 7.84. The molecule has 0 amide bonds. The van der Waals surface area contributed by atoms with Gasteiger partial charge >= 0.3 is 0 Å². The fourth-order valence-electron chi connectivity index (χ4n) is 1.83. The maximum Gasteiger partial charge on any atom is 0.244 e. The molecule has 6 heteroatoms. The minimum Gasteiger partial charge on any atom is -0.244 e. The molecule has 1 heterocycles. The van der Waals surface area contributed by atoms with Gasteiger partial charge in [0.05, 0.1) is 0 Å². The second-order valence-corrected chi connectivity index (χ2v) is 6.60. The number of aromatic nitrogens is 1. The average molecular weight is 301 g/mol. The quantitative estimate of drug-likeness (QED) is 0.844. The first kappa shape index (κ1) is 15.2. The summed E-state index contributed by atoms with van der Waals surface area (Å²) in [5, 5.41) is 8.68. The fourth-order valence-corrected chi connectivity index (χ4v) is 2.95. The van der Waals surface area contributed by atoms with Crippen LogP contribution >= 0.6 is 0 Å². The van der Waals surface area contributed by atoms with Gasteiger partial charge in [0, 0.05) is 19.8 Å². The molecule has 0 unspecified atom stereocenters. The summed E-state index contributed by atoms with van der Waals surface area (Å²) in [6, 6.07) is 14.4. The van der Waals surface area contributed by atoms with E-state index in [4.69, 9.17) is 5.26 Å². The molecule has 2 rings (SSSR count). The van der Waals surface area contributed by atoms with Crippen molar-refractivity contribution >= 4 is 10.0 Å². The summed E-state index contributed by atoms with van der Waals surface area (Å²) < 4.78 is 26.0. The molecule has 0 spiro atoms. The van der Waals surface area contributed by atoms with Crippen molar-refractivity contribution in [1.82, 2.24) is 9.29 Å². The number of nitriles is 1. The zero-order valence-electron chi connectivity index (χ0n) is 11.6. The molecule has 0 radical (unpaired) electrons. The molecule has 0 aliphatic carbocycles. The van der Waals surface area contributed by atoms with Crippen LogP contribution in [0.5, 0.6) is 0 Å². The maximum atomic E-state index is 12.4. The minimum absolute atomic E-state index is 0.0945. The summed E-state index contributed by atoms with van der Waals surface area (Å²) in [5.41, 5.74) is 1.28. The second kappa shape index (κ2) is 6.48. The van der Waals surface area contributed by atoms with Gasteiger partial charge in [-0.3, -0.25) is 0 Å². The maximum absolute atomic E-state index is 12.4. The summed E-state index contributed by atoms with van der Waals surface area (Å²) in [7, 11) is -2.03. The van der Waals surface area contributed by atoms with Gasteiger partial charge in [0.1, 0.15) is 16.7 Å². The van der Waals surface area contributed by atoms with E-state index < -0.39 is 10.0 Å². The lowest BCUT2D eigenvalue weighted by molar-refractivity contribution is 0.472. The number of nitrogens with zero attached hydrogens (tertiary/aromatic N) is 3. The van der Waals surface area contributed by atoms with Crippen LogP contribution in [-0.2, 0) is 16.4 Å². The predicted molar refractivity (Wildman–Crippen MR) is 78.9 cm³/mol. The topological polar surface area (TPSA) is 74.1 Å². The molecule has 0 aliphatic heterocycles. The third-order valence-electron chi connectivity index (χ3n) is 3.12. The highest BCUT2D eigenvalue weighted by Gasteiger charge is 2.20. The zero-order valence-corrected chi connectivity index (χ0v) is 12.4. The van der Waals surface area contributed by atoms with E-state index in [0.29, 0.717) is 13.0 Å². The molecule has 21 heavy (non-hydrogen) atoms. The molecule has 108 valence electrons. The van der Waals surface area contributed by atoms with Crippen molar-refractivity contribution in [3.63, 3.8) is 0 Å². The number of pyridine rings is 1. The Hall–Kier alpha value is -2.23. The number of hydrogen-bond donors (Lipinski definition) is 0. The zero-order chi connectivity index (χ0) is 15.3. The van der Waals surface area contributed by atoms with E-state index in [-0.39, 0.29) is 10.6 Å². The van der Waals surface area contributed by atoms with Crippen molar-refractivity contribution in [3.05, 3.63) is 59.9 Å². The molecule has 0 fully saturated rings. The van der Waals surface area contributed by atoms with Crippen LogP contribution in [0, 0.1) is 11.3 Å². The highest BCUT2D eigenvalue weighted by atomic mass is 32.2. The summed E-state index contributed by atoms with van der Waals surface area (Å²) in [6.45, 7) is 0.381.